The summed E-state index contributed by atoms with van der Waals surface area (Å²) in [6.07, 6.45) is 1.22. The maximum atomic E-state index is 13.0. The fourth-order valence-corrected chi connectivity index (χ4v) is 1.58. The molecule has 0 aliphatic carbocycles. The number of aliphatic carboxylic acids is 1. The number of benzene rings is 2. The van der Waals surface area contributed by atoms with E-state index in [0.717, 1.165) is 17.2 Å². The van der Waals surface area contributed by atoms with Crippen LogP contribution in [0.25, 0.3) is 11.1 Å². The smallest absolute Gasteiger partial charge is 0.320 e. The van der Waals surface area contributed by atoms with Crippen LogP contribution in [0.1, 0.15) is 5.56 Å². The number of amides is 1. The number of carboxylic acids is 1. The Morgan fingerprint density at radius 1 is 1.09 bits per heavy atom. The van der Waals surface area contributed by atoms with E-state index in [1.165, 1.54) is 18.5 Å². The fraction of sp³-hybridized carbons (Fsp3) is 0.125. The second-order valence-corrected chi connectivity index (χ2v) is 4.37. The summed E-state index contributed by atoms with van der Waals surface area (Å²) in [6, 6.07) is 11.1. The Morgan fingerprint density at radius 3 is 2.00 bits per heavy atom. The number of carbonyl (C=O) groups excluding carboxylic acids is 1. The summed E-state index contributed by atoms with van der Waals surface area (Å²) >= 11 is 0. The van der Waals surface area contributed by atoms with Crippen LogP contribution >= 0.6 is 0 Å². The Labute approximate surface area is 126 Å². The molecule has 0 atom stereocenters. The minimum atomic E-state index is -1.07. The monoisotopic (exact) mass is 563 g/mol. The first-order valence-electron chi connectivity index (χ1n) is 6.27. The van der Waals surface area contributed by atoms with Gasteiger partial charge in [0.05, 0.1) is 6.54 Å². The van der Waals surface area contributed by atoms with Gasteiger partial charge in [-0.05, 0) is 30.2 Å². The first kappa shape index (κ1) is 19.2. The summed E-state index contributed by atoms with van der Waals surface area (Å²) < 4.78 is 25.9. The number of nitrogens with one attached hydrogen (secondary N) is 1. The van der Waals surface area contributed by atoms with Crippen molar-refractivity contribution in [1.29, 1.82) is 0 Å². The topological polar surface area (TPSA) is 66.4 Å². The van der Waals surface area contributed by atoms with E-state index < -0.39 is 17.6 Å². The molecular weight excluding hydrogens is 549 g/mol. The van der Waals surface area contributed by atoms with E-state index in [2.05, 4.69) is 0 Å². The fourth-order valence-electron chi connectivity index (χ4n) is 1.58. The van der Waals surface area contributed by atoms with Crippen molar-refractivity contribution in [3.8, 4) is 11.1 Å². The number of rotatable bonds is 4. The molecule has 0 fully saturated rings. The van der Waals surface area contributed by atoms with Crippen LogP contribution in [0.15, 0.2) is 42.5 Å². The molecule has 2 aromatic rings. The second-order valence-electron chi connectivity index (χ2n) is 4.37. The largest absolute Gasteiger partial charge is 0.521 e. The molecule has 0 aliphatic rings. The molecular formula is C16H14F2FmNO3-. The molecule has 23 heavy (non-hydrogen) atoms. The van der Waals surface area contributed by atoms with Gasteiger partial charge in [0.2, 0.25) is 0 Å². The summed E-state index contributed by atoms with van der Waals surface area (Å²) in [5.41, 5.74) is 2.50. The molecule has 0 saturated carbocycles. The molecule has 2 rings (SSSR count). The van der Waals surface area contributed by atoms with Crippen LogP contribution in [0, 0.1) is 18.6 Å². The molecule has 0 spiro atoms. The van der Waals surface area contributed by atoms with E-state index in [-0.39, 0.29) is 6.54 Å². The van der Waals surface area contributed by atoms with Crippen molar-refractivity contribution in [1.82, 2.24) is 5.32 Å². The predicted octanol–water partition coefficient (Wildman–Crippen LogP) is 2.67. The minimum absolute atomic E-state index is 0. The van der Waals surface area contributed by atoms with Crippen LogP contribution in [0.2, 0.25) is 0 Å². The average Bonchev–Trinajstić information content (AvgIpc) is 2.45. The van der Waals surface area contributed by atoms with Crippen molar-refractivity contribution in [3.05, 3.63) is 59.7 Å². The van der Waals surface area contributed by atoms with E-state index in [0.29, 0.717) is 5.56 Å². The number of carboxylic acid groups (broad SMARTS) is 1. The third-order valence-electron chi connectivity index (χ3n) is 2.56. The third-order valence-corrected chi connectivity index (χ3v) is 2.56. The summed E-state index contributed by atoms with van der Waals surface area (Å²) in [5, 5.41) is 9.65. The summed E-state index contributed by atoms with van der Waals surface area (Å²) in [7, 11) is 0. The second kappa shape index (κ2) is 9.23. The SMILES string of the molecule is Cc1ccc(-c2cc(F)cc(F)c2)cc1.O=[C-]NCC(=O)O.[Fm]. The molecule has 4 nitrogen and oxygen atoms in total. The van der Waals surface area contributed by atoms with Gasteiger partial charge < -0.3 is 15.2 Å². The first-order chi connectivity index (χ1) is 10.4. The van der Waals surface area contributed by atoms with Gasteiger partial charge in [-0.15, -0.1) is 0 Å². The number of halogens is 2. The summed E-state index contributed by atoms with van der Waals surface area (Å²) in [6.45, 7) is 1.61. The Balaban J connectivity index is 0.000000522. The number of aryl methyl sites for hydroxylation is 1. The number of hydrogen-bond acceptors (Lipinski definition) is 2. The van der Waals surface area contributed by atoms with Gasteiger partial charge >= 0.3 is 5.97 Å². The van der Waals surface area contributed by atoms with E-state index in [1.54, 1.807) is 0 Å². The van der Waals surface area contributed by atoms with Gasteiger partial charge in [0.15, 0.2) is 0 Å². The zero-order valence-corrected chi connectivity index (χ0v) is 14.5. The van der Waals surface area contributed by atoms with Crippen molar-refractivity contribution in [2.24, 2.45) is 0 Å². The molecule has 2 aromatic carbocycles. The van der Waals surface area contributed by atoms with Crippen molar-refractivity contribution in [2.45, 2.75) is 6.92 Å². The van der Waals surface area contributed by atoms with E-state index in [4.69, 9.17) is 5.11 Å². The zero-order chi connectivity index (χ0) is 16.5. The molecule has 0 unspecified atom stereocenters. The van der Waals surface area contributed by atoms with Crippen LogP contribution in [-0.4, -0.2) is 24.0 Å². The molecule has 0 aliphatic heterocycles. The molecule has 128 valence electrons. The van der Waals surface area contributed by atoms with Gasteiger partial charge in [-0.2, -0.15) is 6.41 Å². The Kier molecular flexibility index (Phi) is 7.72. The van der Waals surface area contributed by atoms with Gasteiger partial charge in [0.25, 0.3) is 0 Å². The Bertz CT molecular complexity index is 628. The third kappa shape index (κ3) is 6.99. The van der Waals surface area contributed by atoms with Crippen LogP contribution < -0.4 is 5.32 Å². The predicted molar refractivity (Wildman–Crippen MR) is 77.9 cm³/mol. The molecule has 7 heteroatoms. The quantitative estimate of drug-likeness (QED) is 0.445. The van der Waals surface area contributed by atoms with Gasteiger partial charge in [-0.25, -0.2) is 8.78 Å². The van der Waals surface area contributed by atoms with Crippen LogP contribution in [0.5, 0.6) is 0 Å². The van der Waals surface area contributed by atoms with E-state index in [1.807, 2.05) is 36.5 Å². The van der Waals surface area contributed by atoms with Crippen LogP contribution in [-0.2, 0) is 9.59 Å². The van der Waals surface area contributed by atoms with Gasteiger partial charge in [0, 0.05) is 6.07 Å². The molecule has 1 amide bonds. The van der Waals surface area contributed by atoms with E-state index in [9.17, 15) is 18.4 Å². The molecule has 2 N–H and O–H groups in total. The molecule has 0 radical (unpaired) electrons. The van der Waals surface area contributed by atoms with Crippen molar-refractivity contribution >= 4 is 12.4 Å². The number of hydrogen-bond donors (Lipinski definition) is 2. The summed E-state index contributed by atoms with van der Waals surface area (Å²) in [4.78, 5) is 18.7. The maximum Gasteiger partial charge on any atom is 0.320 e. The summed E-state index contributed by atoms with van der Waals surface area (Å²) in [5.74, 6) is -2.17. The maximum absolute atomic E-state index is 13.0. The number of carbonyl (C=O) groups is 1. The normalized spacial score (nSPS) is 9.00. The van der Waals surface area contributed by atoms with Gasteiger partial charge in [0.1, 0.15) is 11.6 Å². The first-order valence-corrected chi connectivity index (χ1v) is 6.27. The van der Waals surface area contributed by atoms with Crippen molar-refractivity contribution < 1.29 is 23.5 Å². The molecule has 0 aromatic heterocycles. The van der Waals surface area contributed by atoms with Gasteiger partial charge in [-0.3, -0.25) is 4.79 Å². The van der Waals surface area contributed by atoms with Crippen LogP contribution in [0.3, 0.4) is 0 Å². The average molecular weight is 563 g/mol. The molecule has 0 saturated heterocycles. The Hall–Kier alpha value is -3.76. The van der Waals surface area contributed by atoms with E-state index >= 15 is 0 Å². The van der Waals surface area contributed by atoms with Gasteiger partial charge in [-0.1, -0.05) is 29.8 Å². The van der Waals surface area contributed by atoms with Crippen molar-refractivity contribution in [2.75, 3.05) is 6.54 Å². The molecule has 0 heterocycles. The molecule has 0 bridgehead atoms. The Morgan fingerprint density at radius 2 is 1.61 bits per heavy atom. The van der Waals surface area contributed by atoms with Crippen LogP contribution in [0.4, 0.5) is 8.78 Å². The standard InChI is InChI=1S/C13H10F2.C3H4NO3.Fm/c1-9-2-4-10(5-3-9)11-6-12(14)8-13(15)7-11;5-2-4-1-3(6)7;/h2-8H,1H3;1H2,(H,4,5)(H,6,7);/q;-1;. The van der Waals surface area contributed by atoms with Crippen molar-refractivity contribution in [3.63, 3.8) is 0 Å². The zero-order valence-electron chi connectivity index (χ0n) is 12.1. The minimum Gasteiger partial charge on any atom is -0.521 e.